The lowest BCUT2D eigenvalue weighted by molar-refractivity contribution is -0.163. The molecule has 0 saturated heterocycles. The molecule has 174 valence electrons. The molecule has 2 saturated carbocycles. The van der Waals surface area contributed by atoms with Gasteiger partial charge in [-0.15, -0.1) is 0 Å². The molecular formula is C28H32O5. The smallest absolute Gasteiger partial charge is 0.302 e. The number of aliphatic hydroxyl groups is 1. The molecule has 1 N–H and O–H groups in total. The molecule has 0 spiro atoms. The molecule has 0 heterocycles. The molecule has 1 aromatic rings. The van der Waals surface area contributed by atoms with Gasteiger partial charge in [-0.2, -0.15) is 0 Å². The Balaban J connectivity index is 1.63. The van der Waals surface area contributed by atoms with Crippen LogP contribution in [0.5, 0.6) is 0 Å². The third-order valence-corrected chi connectivity index (χ3v) is 9.05. The minimum Gasteiger partial charge on any atom is -0.463 e. The first-order valence-corrected chi connectivity index (χ1v) is 12.1. The Morgan fingerprint density at radius 3 is 2.64 bits per heavy atom. The number of hydrogen-bond acceptors (Lipinski definition) is 5. The lowest BCUT2D eigenvalue weighted by atomic mass is 9.51. The summed E-state index contributed by atoms with van der Waals surface area (Å²) in [6, 6.07) is 7.80. The zero-order valence-electron chi connectivity index (χ0n) is 19.4. The number of ether oxygens (including phenoxy) is 1. The van der Waals surface area contributed by atoms with Crippen molar-refractivity contribution in [2.24, 2.45) is 17.3 Å². The van der Waals surface area contributed by atoms with Gasteiger partial charge in [0, 0.05) is 30.2 Å². The molecule has 5 atom stereocenters. The van der Waals surface area contributed by atoms with Crippen molar-refractivity contribution < 1.29 is 24.2 Å². The molecule has 5 rings (SSSR count). The summed E-state index contributed by atoms with van der Waals surface area (Å²) in [5, 5.41) is 11.8. The van der Waals surface area contributed by atoms with Gasteiger partial charge in [0.25, 0.3) is 0 Å². The molecule has 0 unspecified atom stereocenters. The number of ketones is 1. The number of carbonyl (C=O) groups is 3. The van der Waals surface area contributed by atoms with Crippen LogP contribution < -0.4 is 0 Å². The molecule has 5 heteroatoms. The summed E-state index contributed by atoms with van der Waals surface area (Å²) in [4.78, 5) is 34.9. The number of rotatable bonds is 4. The van der Waals surface area contributed by atoms with E-state index in [1.165, 1.54) is 23.6 Å². The van der Waals surface area contributed by atoms with Gasteiger partial charge in [0.05, 0.1) is 0 Å². The Bertz CT molecular complexity index is 1060. The van der Waals surface area contributed by atoms with Gasteiger partial charge in [-0.3, -0.25) is 14.4 Å². The van der Waals surface area contributed by atoms with Gasteiger partial charge >= 0.3 is 5.97 Å². The van der Waals surface area contributed by atoms with Crippen molar-refractivity contribution in [3.63, 3.8) is 0 Å². The molecule has 5 nitrogen and oxygen atoms in total. The topological polar surface area (TPSA) is 80.7 Å². The molecule has 0 aliphatic heterocycles. The molecular weight excluding hydrogens is 416 g/mol. The summed E-state index contributed by atoms with van der Waals surface area (Å²) in [5.74, 6) is 0.605. The first-order valence-electron chi connectivity index (χ1n) is 12.1. The number of carbonyl (C=O) groups excluding carboxylic acids is 3. The van der Waals surface area contributed by atoms with E-state index in [4.69, 9.17) is 4.74 Å². The fourth-order valence-electron chi connectivity index (χ4n) is 7.32. The molecule has 33 heavy (non-hydrogen) atoms. The average molecular weight is 449 g/mol. The standard InChI is InChI=1S/C28H32O5/c1-17(30)33-16-28(32)12-11-25-23-9-7-20-13-21(31)8-10-22(20)26(23)24(14-27(25,28)2)19-5-3-18(15-29)4-6-19/h3-6,13,15,23-25,32H,7-12,14,16H2,1-2H3/t23-,24+,25-,27-,28+/m0/s1. The van der Waals surface area contributed by atoms with Crippen molar-refractivity contribution >= 4 is 18.0 Å². The van der Waals surface area contributed by atoms with Crippen LogP contribution in [-0.2, 0) is 14.3 Å². The summed E-state index contributed by atoms with van der Waals surface area (Å²) < 4.78 is 5.36. The Morgan fingerprint density at radius 2 is 1.94 bits per heavy atom. The second-order valence-corrected chi connectivity index (χ2v) is 10.6. The number of allylic oxidation sites excluding steroid dienone is 4. The van der Waals surface area contributed by atoms with E-state index in [-0.39, 0.29) is 24.3 Å². The van der Waals surface area contributed by atoms with E-state index in [0.29, 0.717) is 30.2 Å². The van der Waals surface area contributed by atoms with Crippen LogP contribution in [0.1, 0.15) is 80.6 Å². The fourth-order valence-corrected chi connectivity index (χ4v) is 7.32. The number of esters is 1. The monoisotopic (exact) mass is 448 g/mol. The highest BCUT2D eigenvalue weighted by atomic mass is 16.5. The second kappa shape index (κ2) is 8.05. The van der Waals surface area contributed by atoms with E-state index >= 15 is 0 Å². The van der Waals surface area contributed by atoms with Gasteiger partial charge in [0.2, 0.25) is 0 Å². The van der Waals surface area contributed by atoms with Crippen LogP contribution in [0.2, 0.25) is 0 Å². The molecule has 1 aromatic carbocycles. The van der Waals surface area contributed by atoms with Crippen LogP contribution in [0.15, 0.2) is 47.1 Å². The van der Waals surface area contributed by atoms with Crippen molar-refractivity contribution in [2.45, 2.75) is 70.3 Å². The summed E-state index contributed by atoms with van der Waals surface area (Å²) >= 11 is 0. The maximum absolute atomic E-state index is 12.1. The van der Waals surface area contributed by atoms with E-state index in [1.807, 2.05) is 30.3 Å². The Kier molecular flexibility index (Phi) is 5.43. The molecule has 0 bridgehead atoms. The van der Waals surface area contributed by atoms with Crippen molar-refractivity contribution in [2.75, 3.05) is 6.61 Å². The van der Waals surface area contributed by atoms with Crippen molar-refractivity contribution in [3.05, 3.63) is 58.2 Å². The SMILES string of the molecule is CC(=O)OC[C@]1(O)CC[C@H]2[C@@H]3CCC4=CC(=O)CCC4=C3[C@@H](c3ccc(C=O)cc3)C[C@@]21C. The molecule has 4 aliphatic rings. The molecule has 0 radical (unpaired) electrons. The lowest BCUT2D eigenvalue weighted by Gasteiger charge is -2.54. The van der Waals surface area contributed by atoms with E-state index in [1.54, 1.807) is 0 Å². The predicted octanol–water partition coefficient (Wildman–Crippen LogP) is 4.69. The first kappa shape index (κ1) is 22.3. The summed E-state index contributed by atoms with van der Waals surface area (Å²) in [6.07, 6.45) is 8.23. The highest BCUT2D eigenvalue weighted by Gasteiger charge is 2.63. The number of fused-ring (bicyclic) bond motifs is 4. The van der Waals surface area contributed by atoms with Crippen LogP contribution in [0, 0.1) is 17.3 Å². The Morgan fingerprint density at radius 1 is 1.18 bits per heavy atom. The van der Waals surface area contributed by atoms with Crippen molar-refractivity contribution in [3.8, 4) is 0 Å². The fraction of sp³-hybridized carbons (Fsp3) is 0.536. The molecule has 2 fully saturated rings. The Labute approximate surface area is 194 Å². The molecule has 0 aromatic heterocycles. The normalized spacial score (nSPS) is 35.3. The van der Waals surface area contributed by atoms with Crippen LogP contribution in [0.3, 0.4) is 0 Å². The highest BCUT2D eigenvalue weighted by molar-refractivity contribution is 5.93. The van der Waals surface area contributed by atoms with E-state index in [0.717, 1.165) is 44.0 Å². The van der Waals surface area contributed by atoms with E-state index < -0.39 is 11.0 Å². The zero-order valence-corrected chi connectivity index (χ0v) is 19.4. The van der Waals surface area contributed by atoms with Crippen LogP contribution in [0.25, 0.3) is 0 Å². The van der Waals surface area contributed by atoms with Gasteiger partial charge < -0.3 is 9.84 Å². The highest BCUT2D eigenvalue weighted by Crippen LogP contribution is 2.66. The van der Waals surface area contributed by atoms with Gasteiger partial charge in [0.15, 0.2) is 5.78 Å². The Hall–Kier alpha value is -2.53. The minimum atomic E-state index is -1.06. The van der Waals surface area contributed by atoms with Gasteiger partial charge in [-0.05, 0) is 73.1 Å². The second-order valence-electron chi connectivity index (χ2n) is 10.6. The lowest BCUT2D eigenvalue weighted by Crippen LogP contribution is -2.54. The number of aldehydes is 1. The summed E-state index contributed by atoms with van der Waals surface area (Å²) in [5.41, 5.74) is 4.34. The largest absolute Gasteiger partial charge is 0.463 e. The summed E-state index contributed by atoms with van der Waals surface area (Å²) in [6.45, 7) is 3.60. The molecule has 0 amide bonds. The van der Waals surface area contributed by atoms with Crippen LogP contribution in [0.4, 0.5) is 0 Å². The van der Waals surface area contributed by atoms with E-state index in [2.05, 4.69) is 6.92 Å². The van der Waals surface area contributed by atoms with Gasteiger partial charge in [0.1, 0.15) is 18.5 Å². The van der Waals surface area contributed by atoms with Crippen LogP contribution in [-0.4, -0.2) is 35.4 Å². The average Bonchev–Trinajstić information content (AvgIpc) is 3.07. The summed E-state index contributed by atoms with van der Waals surface area (Å²) in [7, 11) is 0. The third kappa shape index (κ3) is 3.52. The maximum atomic E-state index is 12.1. The van der Waals surface area contributed by atoms with Crippen molar-refractivity contribution in [1.29, 1.82) is 0 Å². The third-order valence-electron chi connectivity index (χ3n) is 9.05. The number of hydrogen-bond donors (Lipinski definition) is 1. The van der Waals surface area contributed by atoms with Crippen LogP contribution >= 0.6 is 0 Å². The van der Waals surface area contributed by atoms with Gasteiger partial charge in [-0.1, -0.05) is 36.8 Å². The minimum absolute atomic E-state index is 0.0322. The van der Waals surface area contributed by atoms with Crippen molar-refractivity contribution in [1.82, 2.24) is 0 Å². The maximum Gasteiger partial charge on any atom is 0.302 e. The predicted molar refractivity (Wildman–Crippen MR) is 124 cm³/mol. The van der Waals surface area contributed by atoms with E-state index in [9.17, 15) is 19.5 Å². The quantitative estimate of drug-likeness (QED) is 0.534. The number of benzene rings is 1. The molecule has 4 aliphatic carbocycles. The zero-order chi connectivity index (χ0) is 23.4. The van der Waals surface area contributed by atoms with Gasteiger partial charge in [-0.25, -0.2) is 0 Å². The first-order chi connectivity index (χ1) is 15.8.